The molecule has 1 fully saturated rings. The standard InChI is InChI=1S/C15H17F3N2O3/c1-10-6-4-5-9-20(10)13(21)19-15(14(16,17)18)22-11-7-2-3-8-12(11)23-15/h2-3,7-8,10H,4-6,9H2,1H3,(H,19,21)/t10-/m0/s1. The highest BCUT2D eigenvalue weighted by Gasteiger charge is 2.66. The third-order valence-electron chi connectivity index (χ3n) is 4.07. The minimum Gasteiger partial charge on any atom is -0.424 e. The number of urea groups is 1. The summed E-state index contributed by atoms with van der Waals surface area (Å²) in [6.45, 7) is 2.22. The van der Waals surface area contributed by atoms with Gasteiger partial charge in [-0.05, 0) is 38.3 Å². The van der Waals surface area contributed by atoms with Gasteiger partial charge >= 0.3 is 18.1 Å². The van der Waals surface area contributed by atoms with Gasteiger partial charge in [-0.1, -0.05) is 12.1 Å². The number of para-hydroxylation sites is 2. The van der Waals surface area contributed by atoms with Crippen molar-refractivity contribution in [2.75, 3.05) is 6.54 Å². The summed E-state index contributed by atoms with van der Waals surface area (Å²) >= 11 is 0. The van der Waals surface area contributed by atoms with E-state index in [1.165, 1.54) is 29.2 Å². The molecule has 23 heavy (non-hydrogen) atoms. The van der Waals surface area contributed by atoms with Crippen LogP contribution < -0.4 is 14.8 Å². The van der Waals surface area contributed by atoms with E-state index in [1.54, 1.807) is 0 Å². The Morgan fingerprint density at radius 1 is 1.26 bits per heavy atom. The Morgan fingerprint density at radius 3 is 2.39 bits per heavy atom. The van der Waals surface area contributed by atoms with Crippen LogP contribution in [-0.2, 0) is 0 Å². The minimum atomic E-state index is -4.93. The van der Waals surface area contributed by atoms with Gasteiger partial charge < -0.3 is 14.4 Å². The van der Waals surface area contributed by atoms with Crippen LogP contribution in [0, 0.1) is 0 Å². The first-order valence-electron chi connectivity index (χ1n) is 7.45. The van der Waals surface area contributed by atoms with Crippen LogP contribution >= 0.6 is 0 Å². The molecule has 5 nitrogen and oxygen atoms in total. The molecule has 8 heteroatoms. The third kappa shape index (κ3) is 2.77. The predicted molar refractivity (Wildman–Crippen MR) is 75.0 cm³/mol. The number of hydrogen-bond donors (Lipinski definition) is 1. The second-order valence-electron chi connectivity index (χ2n) is 5.73. The number of piperidine rings is 1. The van der Waals surface area contributed by atoms with Crippen LogP contribution in [-0.4, -0.2) is 35.6 Å². The summed E-state index contributed by atoms with van der Waals surface area (Å²) in [6, 6.07) is 4.81. The molecule has 2 aliphatic heterocycles. The van der Waals surface area contributed by atoms with Gasteiger partial charge in [0, 0.05) is 12.6 Å². The van der Waals surface area contributed by atoms with Gasteiger partial charge in [0.15, 0.2) is 11.5 Å². The van der Waals surface area contributed by atoms with Crippen molar-refractivity contribution in [1.29, 1.82) is 0 Å². The number of ether oxygens (including phenoxy) is 2. The Balaban J connectivity index is 1.83. The molecule has 0 aliphatic carbocycles. The lowest BCUT2D eigenvalue weighted by Crippen LogP contribution is -2.67. The van der Waals surface area contributed by atoms with Crippen LogP contribution in [0.25, 0.3) is 0 Å². The summed E-state index contributed by atoms with van der Waals surface area (Å²) in [6.07, 6.45) is -2.46. The highest BCUT2D eigenvalue weighted by atomic mass is 19.4. The number of nitrogens with zero attached hydrogens (tertiary/aromatic N) is 1. The van der Waals surface area contributed by atoms with Gasteiger partial charge in [0.05, 0.1) is 0 Å². The van der Waals surface area contributed by atoms with Crippen LogP contribution in [0.1, 0.15) is 26.2 Å². The van der Waals surface area contributed by atoms with Gasteiger partial charge in [-0.25, -0.2) is 4.79 Å². The fourth-order valence-corrected chi connectivity index (χ4v) is 2.80. The quantitative estimate of drug-likeness (QED) is 0.860. The van der Waals surface area contributed by atoms with Crippen molar-refractivity contribution in [3.05, 3.63) is 24.3 Å². The summed E-state index contributed by atoms with van der Waals surface area (Å²) in [5, 5.41) is 1.90. The predicted octanol–water partition coefficient (Wildman–Crippen LogP) is 3.26. The number of halogens is 3. The van der Waals surface area contributed by atoms with Gasteiger partial charge in [0.25, 0.3) is 0 Å². The van der Waals surface area contributed by atoms with Crippen molar-refractivity contribution in [3.63, 3.8) is 0 Å². The fourth-order valence-electron chi connectivity index (χ4n) is 2.80. The Bertz CT molecular complexity index is 581. The molecule has 1 aromatic carbocycles. The molecule has 2 heterocycles. The molecule has 1 saturated heterocycles. The molecule has 0 unspecified atom stereocenters. The highest BCUT2D eigenvalue weighted by molar-refractivity contribution is 5.75. The molecular weight excluding hydrogens is 313 g/mol. The highest BCUT2D eigenvalue weighted by Crippen LogP contribution is 2.45. The van der Waals surface area contributed by atoms with E-state index in [0.29, 0.717) is 6.54 Å². The van der Waals surface area contributed by atoms with Crippen molar-refractivity contribution in [2.24, 2.45) is 0 Å². The van der Waals surface area contributed by atoms with Crippen LogP contribution in [0.15, 0.2) is 24.3 Å². The third-order valence-corrected chi connectivity index (χ3v) is 4.07. The van der Waals surface area contributed by atoms with Crippen molar-refractivity contribution in [2.45, 2.75) is 44.3 Å². The van der Waals surface area contributed by atoms with E-state index < -0.39 is 18.1 Å². The van der Waals surface area contributed by atoms with E-state index in [4.69, 9.17) is 9.47 Å². The number of benzene rings is 1. The Labute approximate surface area is 131 Å². The number of amides is 2. The van der Waals surface area contributed by atoms with E-state index in [9.17, 15) is 18.0 Å². The second-order valence-corrected chi connectivity index (χ2v) is 5.73. The number of alkyl halides is 3. The molecule has 2 amide bonds. The van der Waals surface area contributed by atoms with Crippen molar-refractivity contribution in [3.8, 4) is 11.5 Å². The summed E-state index contributed by atoms with van der Waals surface area (Å²) < 4.78 is 50.5. The van der Waals surface area contributed by atoms with E-state index in [2.05, 4.69) is 0 Å². The van der Waals surface area contributed by atoms with Gasteiger partial charge in [-0.2, -0.15) is 13.2 Å². The summed E-state index contributed by atoms with van der Waals surface area (Å²) in [5.74, 6) is -3.31. The molecule has 0 saturated carbocycles. The summed E-state index contributed by atoms with van der Waals surface area (Å²) in [4.78, 5) is 13.7. The lowest BCUT2D eigenvalue weighted by Gasteiger charge is -2.37. The molecule has 126 valence electrons. The van der Waals surface area contributed by atoms with Gasteiger partial charge in [0.1, 0.15) is 0 Å². The van der Waals surface area contributed by atoms with E-state index in [-0.39, 0.29) is 17.5 Å². The Morgan fingerprint density at radius 2 is 1.87 bits per heavy atom. The molecule has 3 rings (SSSR count). The van der Waals surface area contributed by atoms with Crippen LogP contribution in [0.2, 0.25) is 0 Å². The lowest BCUT2D eigenvalue weighted by atomic mass is 10.0. The molecule has 1 atom stereocenters. The molecule has 0 bridgehead atoms. The average molecular weight is 330 g/mol. The van der Waals surface area contributed by atoms with Crippen molar-refractivity contribution >= 4 is 6.03 Å². The van der Waals surface area contributed by atoms with Crippen LogP contribution in [0.3, 0.4) is 0 Å². The number of rotatable bonds is 1. The average Bonchev–Trinajstić information content (AvgIpc) is 2.86. The first-order chi connectivity index (χ1) is 10.8. The Hall–Kier alpha value is -2.12. The maximum atomic E-state index is 13.5. The zero-order chi connectivity index (χ0) is 16.7. The molecule has 0 spiro atoms. The SMILES string of the molecule is C[C@H]1CCCCN1C(=O)NC1(C(F)(F)F)Oc2ccccc2O1. The van der Waals surface area contributed by atoms with Gasteiger partial charge in [0.2, 0.25) is 0 Å². The number of carbonyl (C=O) groups excluding carboxylic acids is 1. The molecule has 0 aromatic heterocycles. The van der Waals surface area contributed by atoms with Crippen molar-refractivity contribution in [1.82, 2.24) is 10.2 Å². The maximum Gasteiger partial charge on any atom is 0.492 e. The normalized spacial score (nSPS) is 22.8. The molecule has 1 N–H and O–H groups in total. The molecular formula is C15H17F3N2O3. The van der Waals surface area contributed by atoms with E-state index in [0.717, 1.165) is 19.3 Å². The second kappa shape index (κ2) is 5.50. The van der Waals surface area contributed by atoms with Gasteiger partial charge in [-0.3, -0.25) is 5.32 Å². The van der Waals surface area contributed by atoms with Crippen LogP contribution in [0.4, 0.5) is 18.0 Å². The zero-order valence-electron chi connectivity index (χ0n) is 12.5. The number of fused-ring (bicyclic) bond motifs is 1. The lowest BCUT2D eigenvalue weighted by molar-refractivity contribution is -0.318. The monoisotopic (exact) mass is 330 g/mol. The maximum absolute atomic E-state index is 13.5. The number of carbonyl (C=O) groups is 1. The minimum absolute atomic E-state index is 0.0585. The first kappa shape index (κ1) is 15.8. The summed E-state index contributed by atoms with van der Waals surface area (Å²) in [5.41, 5.74) is 0. The van der Waals surface area contributed by atoms with Crippen LogP contribution in [0.5, 0.6) is 11.5 Å². The zero-order valence-corrected chi connectivity index (χ0v) is 12.5. The molecule has 1 aromatic rings. The largest absolute Gasteiger partial charge is 0.492 e. The first-order valence-corrected chi connectivity index (χ1v) is 7.45. The molecule has 0 radical (unpaired) electrons. The van der Waals surface area contributed by atoms with E-state index in [1.807, 2.05) is 12.2 Å². The fraction of sp³-hybridized carbons (Fsp3) is 0.533. The smallest absolute Gasteiger partial charge is 0.424 e. The van der Waals surface area contributed by atoms with E-state index >= 15 is 0 Å². The summed E-state index contributed by atoms with van der Waals surface area (Å²) in [7, 11) is 0. The molecule has 2 aliphatic rings. The number of nitrogens with one attached hydrogen (secondary N) is 1. The van der Waals surface area contributed by atoms with Crippen molar-refractivity contribution < 1.29 is 27.4 Å². The number of likely N-dealkylation sites (tertiary alicyclic amines) is 1. The Kier molecular flexibility index (Phi) is 3.77. The van der Waals surface area contributed by atoms with Gasteiger partial charge in [-0.15, -0.1) is 0 Å². The topological polar surface area (TPSA) is 50.8 Å². The number of hydrogen-bond acceptors (Lipinski definition) is 3.